The van der Waals surface area contributed by atoms with Gasteiger partial charge >= 0.3 is 6.03 Å². The van der Waals surface area contributed by atoms with E-state index in [9.17, 15) is 18.7 Å². The highest BCUT2D eigenvalue weighted by atomic mass is 32.2. The van der Waals surface area contributed by atoms with Crippen LogP contribution in [0.5, 0.6) is 0 Å². The number of aliphatic hydroxyl groups excluding tert-OH is 1. The molecule has 3 rings (SSSR count). The van der Waals surface area contributed by atoms with Crippen molar-refractivity contribution in [1.29, 1.82) is 0 Å². The molecule has 2 aromatic carbocycles. The molecule has 1 heterocycles. The molecule has 1 unspecified atom stereocenters. The van der Waals surface area contributed by atoms with E-state index in [1.807, 2.05) is 6.07 Å². The number of carbonyl (C=O) groups is 1. The molecule has 0 aliphatic carbocycles. The molecule has 2 aromatic rings. The van der Waals surface area contributed by atoms with E-state index in [-0.39, 0.29) is 23.6 Å². The standard InChI is InChI=1S/C18H17F2N3O3S/c1-26-22-17(25)23-18(9-10-24,12-5-3-2-4-6-12)27-16(21-23)14-11-13(19)7-8-15(14)20/h2-8,11,24H,9-10H2,1H3,(H,22,25). The van der Waals surface area contributed by atoms with E-state index in [0.29, 0.717) is 5.56 Å². The minimum absolute atomic E-state index is 0.0639. The maximum atomic E-state index is 14.3. The van der Waals surface area contributed by atoms with Crippen LogP contribution in [0.25, 0.3) is 0 Å². The molecule has 1 aliphatic rings. The summed E-state index contributed by atoms with van der Waals surface area (Å²) >= 11 is 1.07. The Kier molecular flexibility index (Phi) is 5.73. The number of hydroxylamine groups is 1. The maximum absolute atomic E-state index is 14.3. The Bertz CT molecular complexity index is 866. The second-order valence-electron chi connectivity index (χ2n) is 5.68. The zero-order valence-corrected chi connectivity index (χ0v) is 15.2. The van der Waals surface area contributed by atoms with Crippen LogP contribution in [0.3, 0.4) is 0 Å². The van der Waals surface area contributed by atoms with E-state index in [1.165, 1.54) is 7.11 Å². The van der Waals surface area contributed by atoms with Gasteiger partial charge in [0.1, 0.15) is 21.5 Å². The Morgan fingerprint density at radius 3 is 2.70 bits per heavy atom. The van der Waals surface area contributed by atoms with Crippen LogP contribution in [-0.2, 0) is 9.71 Å². The molecular weight excluding hydrogens is 376 g/mol. The summed E-state index contributed by atoms with van der Waals surface area (Å²) in [5.41, 5.74) is 2.79. The molecule has 27 heavy (non-hydrogen) atoms. The first-order valence-electron chi connectivity index (χ1n) is 8.04. The fourth-order valence-corrected chi connectivity index (χ4v) is 4.20. The monoisotopic (exact) mass is 393 g/mol. The lowest BCUT2D eigenvalue weighted by Gasteiger charge is -2.34. The summed E-state index contributed by atoms with van der Waals surface area (Å²) in [6, 6.07) is 11.2. The summed E-state index contributed by atoms with van der Waals surface area (Å²) in [5, 5.41) is 15.1. The summed E-state index contributed by atoms with van der Waals surface area (Å²) in [6.45, 7) is -0.257. The van der Waals surface area contributed by atoms with Gasteiger partial charge in [-0.3, -0.25) is 4.84 Å². The molecule has 2 amide bonds. The lowest BCUT2D eigenvalue weighted by atomic mass is 10.0. The predicted octanol–water partition coefficient (Wildman–Crippen LogP) is 3.18. The van der Waals surface area contributed by atoms with Crippen LogP contribution in [0.1, 0.15) is 17.5 Å². The number of nitrogens with zero attached hydrogens (tertiary/aromatic N) is 2. The molecule has 1 atom stereocenters. The summed E-state index contributed by atoms with van der Waals surface area (Å²) in [5.74, 6) is -1.29. The van der Waals surface area contributed by atoms with Crippen molar-refractivity contribution >= 4 is 22.8 Å². The first-order chi connectivity index (χ1) is 13.0. The third-order valence-electron chi connectivity index (χ3n) is 4.01. The van der Waals surface area contributed by atoms with Crippen LogP contribution in [-0.4, -0.2) is 34.9 Å². The van der Waals surface area contributed by atoms with E-state index in [4.69, 9.17) is 4.84 Å². The molecule has 9 heteroatoms. The van der Waals surface area contributed by atoms with Crippen molar-refractivity contribution in [3.8, 4) is 0 Å². The fourth-order valence-electron chi connectivity index (χ4n) is 2.84. The number of carbonyl (C=O) groups excluding carboxylic acids is 1. The van der Waals surface area contributed by atoms with Crippen molar-refractivity contribution in [3.05, 3.63) is 71.3 Å². The van der Waals surface area contributed by atoms with Gasteiger partial charge in [-0.2, -0.15) is 10.1 Å². The van der Waals surface area contributed by atoms with Gasteiger partial charge in [-0.25, -0.2) is 19.1 Å². The van der Waals surface area contributed by atoms with Crippen molar-refractivity contribution in [2.45, 2.75) is 11.3 Å². The zero-order chi connectivity index (χ0) is 19.4. The predicted molar refractivity (Wildman–Crippen MR) is 97.7 cm³/mol. The van der Waals surface area contributed by atoms with E-state index in [0.717, 1.165) is 35.0 Å². The third-order valence-corrected chi connectivity index (χ3v) is 5.46. The number of benzene rings is 2. The summed E-state index contributed by atoms with van der Waals surface area (Å²) in [4.78, 5) is 16.1. The molecule has 142 valence electrons. The lowest BCUT2D eigenvalue weighted by Crippen LogP contribution is -2.46. The average molecular weight is 393 g/mol. The van der Waals surface area contributed by atoms with E-state index < -0.39 is 22.5 Å². The molecule has 6 nitrogen and oxygen atoms in total. The number of hydrogen-bond donors (Lipinski definition) is 2. The first kappa shape index (κ1) is 19.3. The molecule has 0 saturated carbocycles. The summed E-state index contributed by atoms with van der Waals surface area (Å²) in [7, 11) is 1.27. The van der Waals surface area contributed by atoms with Crippen molar-refractivity contribution in [3.63, 3.8) is 0 Å². The second-order valence-corrected chi connectivity index (χ2v) is 6.94. The van der Waals surface area contributed by atoms with Crippen molar-refractivity contribution in [2.75, 3.05) is 13.7 Å². The minimum atomic E-state index is -1.15. The van der Waals surface area contributed by atoms with Crippen molar-refractivity contribution in [2.24, 2.45) is 5.10 Å². The molecule has 0 radical (unpaired) electrons. The van der Waals surface area contributed by atoms with Gasteiger partial charge in [0, 0.05) is 18.6 Å². The molecule has 0 aromatic heterocycles. The molecule has 2 N–H and O–H groups in total. The number of hydrogen-bond acceptors (Lipinski definition) is 5. The maximum Gasteiger partial charge on any atom is 0.363 e. The second kappa shape index (κ2) is 8.03. The molecular formula is C18H17F2N3O3S. The molecule has 0 saturated heterocycles. The largest absolute Gasteiger partial charge is 0.396 e. The first-order valence-corrected chi connectivity index (χ1v) is 8.86. The van der Waals surface area contributed by atoms with Gasteiger partial charge in [0.05, 0.1) is 7.11 Å². The molecule has 0 fully saturated rings. The van der Waals surface area contributed by atoms with Gasteiger partial charge in [-0.1, -0.05) is 42.1 Å². The van der Waals surface area contributed by atoms with Crippen LogP contribution in [0.15, 0.2) is 53.6 Å². The normalized spacial score (nSPS) is 19.1. The Morgan fingerprint density at radius 1 is 1.30 bits per heavy atom. The number of halogens is 2. The van der Waals surface area contributed by atoms with Crippen molar-refractivity contribution in [1.82, 2.24) is 10.5 Å². The number of rotatable bonds is 5. The highest BCUT2D eigenvalue weighted by Gasteiger charge is 2.49. The number of amides is 2. The topological polar surface area (TPSA) is 74.2 Å². The Labute approximate surface area is 158 Å². The number of thioether (sulfide) groups is 1. The zero-order valence-electron chi connectivity index (χ0n) is 14.4. The van der Waals surface area contributed by atoms with Crippen LogP contribution in [0.2, 0.25) is 0 Å². The van der Waals surface area contributed by atoms with Crippen LogP contribution in [0, 0.1) is 11.6 Å². The van der Waals surface area contributed by atoms with Gasteiger partial charge in [0.15, 0.2) is 0 Å². The number of hydrazone groups is 1. The number of nitrogens with one attached hydrogen (secondary N) is 1. The Hall–Kier alpha value is -2.49. The molecule has 1 aliphatic heterocycles. The van der Waals surface area contributed by atoms with Gasteiger partial charge < -0.3 is 5.11 Å². The summed E-state index contributed by atoms with van der Waals surface area (Å²) < 4.78 is 27.9. The van der Waals surface area contributed by atoms with E-state index in [1.54, 1.807) is 24.3 Å². The Morgan fingerprint density at radius 2 is 2.04 bits per heavy atom. The molecule has 0 spiro atoms. The van der Waals surface area contributed by atoms with Crippen LogP contribution >= 0.6 is 11.8 Å². The van der Waals surface area contributed by atoms with E-state index >= 15 is 0 Å². The summed E-state index contributed by atoms with van der Waals surface area (Å²) in [6.07, 6.45) is 0.114. The smallest absolute Gasteiger partial charge is 0.363 e. The highest BCUT2D eigenvalue weighted by Crippen LogP contribution is 2.49. The van der Waals surface area contributed by atoms with Gasteiger partial charge in [0.25, 0.3) is 0 Å². The highest BCUT2D eigenvalue weighted by molar-refractivity contribution is 8.15. The fraction of sp³-hybridized carbons (Fsp3) is 0.222. The minimum Gasteiger partial charge on any atom is -0.396 e. The third kappa shape index (κ3) is 3.66. The molecule has 0 bridgehead atoms. The quantitative estimate of drug-likeness (QED) is 0.766. The van der Waals surface area contributed by atoms with Crippen LogP contribution in [0.4, 0.5) is 13.6 Å². The van der Waals surface area contributed by atoms with Crippen molar-refractivity contribution < 1.29 is 23.5 Å². The van der Waals surface area contributed by atoms with Gasteiger partial charge in [-0.05, 0) is 23.8 Å². The van der Waals surface area contributed by atoms with E-state index in [2.05, 4.69) is 10.6 Å². The number of urea groups is 1. The SMILES string of the molecule is CONC(=O)N1N=C(c2cc(F)ccc2F)SC1(CCO)c1ccccc1. The Balaban J connectivity index is 2.13. The van der Waals surface area contributed by atoms with Gasteiger partial charge in [-0.15, -0.1) is 0 Å². The van der Waals surface area contributed by atoms with Gasteiger partial charge in [0.2, 0.25) is 0 Å². The average Bonchev–Trinajstić information content (AvgIpc) is 3.05. The lowest BCUT2D eigenvalue weighted by molar-refractivity contribution is 0.0703. The van der Waals surface area contributed by atoms with Crippen LogP contribution < -0.4 is 5.48 Å². The number of aliphatic hydroxyl groups is 1.